The number of carbonyl (C=O) groups excluding carboxylic acids is 1. The molecule has 1 aromatic carbocycles. The minimum absolute atomic E-state index is 0.0539. The van der Waals surface area contributed by atoms with Gasteiger partial charge in [0.25, 0.3) is 0 Å². The Morgan fingerprint density at radius 2 is 2.06 bits per heavy atom. The van der Waals surface area contributed by atoms with Crippen molar-refractivity contribution in [2.45, 2.75) is 25.4 Å². The fraction of sp³-hybridized carbons (Fsp3) is 0.364. The van der Waals surface area contributed by atoms with E-state index in [-0.39, 0.29) is 18.5 Å². The van der Waals surface area contributed by atoms with Crippen molar-refractivity contribution >= 4 is 32.8 Å². The van der Waals surface area contributed by atoms with Crippen LogP contribution in [0.4, 0.5) is 10.2 Å². The number of piperidine rings is 1. The molecule has 1 fully saturated rings. The lowest BCUT2D eigenvalue weighted by molar-refractivity contribution is -0.127. The third kappa shape index (κ3) is 4.92. The number of fused-ring (bicyclic) bond motifs is 1. The molecule has 3 heterocycles. The summed E-state index contributed by atoms with van der Waals surface area (Å²) >= 11 is 0. The molecule has 3 N–H and O–H groups in total. The van der Waals surface area contributed by atoms with Gasteiger partial charge in [0.05, 0.1) is 17.2 Å². The molecule has 0 bridgehead atoms. The summed E-state index contributed by atoms with van der Waals surface area (Å²) in [7, 11) is -3.66. The number of nitrogens with two attached hydrogens (primary N) is 1. The zero-order valence-corrected chi connectivity index (χ0v) is 19.3. The van der Waals surface area contributed by atoms with E-state index in [9.17, 15) is 17.6 Å². The Hall–Kier alpha value is -3.38. The van der Waals surface area contributed by atoms with Crippen LogP contribution in [-0.2, 0) is 21.4 Å². The lowest BCUT2D eigenvalue weighted by Gasteiger charge is -2.32. The third-order valence-corrected chi connectivity index (χ3v) is 7.09. The molecule has 4 rings (SSSR count). The number of hydrogen-bond acceptors (Lipinski definition) is 7. The quantitative estimate of drug-likeness (QED) is 0.463. The number of aromatic nitrogens is 4. The Bertz CT molecular complexity index is 1310. The van der Waals surface area contributed by atoms with Crippen LogP contribution in [0.2, 0.25) is 0 Å². The minimum atomic E-state index is -3.66. The van der Waals surface area contributed by atoms with Gasteiger partial charge in [0, 0.05) is 25.2 Å². The van der Waals surface area contributed by atoms with E-state index in [2.05, 4.69) is 21.3 Å². The van der Waals surface area contributed by atoms with E-state index in [4.69, 9.17) is 10.8 Å². The molecule has 34 heavy (non-hydrogen) atoms. The second-order valence-corrected chi connectivity index (χ2v) is 9.99. The molecule has 0 radical (unpaired) electrons. The Morgan fingerprint density at radius 3 is 2.76 bits per heavy atom. The summed E-state index contributed by atoms with van der Waals surface area (Å²) in [6.07, 6.45) is 4.36. The van der Waals surface area contributed by atoms with Crippen molar-refractivity contribution in [2.24, 2.45) is 0 Å². The monoisotopic (exact) mass is 487 g/mol. The van der Waals surface area contributed by atoms with Gasteiger partial charge in [-0.25, -0.2) is 32.2 Å². The molecular formula is C22H26FN7O3S. The van der Waals surface area contributed by atoms with Gasteiger partial charge in [-0.1, -0.05) is 30.8 Å². The summed E-state index contributed by atoms with van der Waals surface area (Å²) in [6, 6.07) is 7.08. The number of nitrogens with one attached hydrogen (secondary N) is 1. The van der Waals surface area contributed by atoms with E-state index in [0.29, 0.717) is 41.2 Å². The van der Waals surface area contributed by atoms with Crippen LogP contribution in [0.1, 0.15) is 24.4 Å². The number of nitrogen functional groups attached to an aromatic ring is 1. The van der Waals surface area contributed by atoms with Gasteiger partial charge in [-0.05, 0) is 24.5 Å². The van der Waals surface area contributed by atoms with Gasteiger partial charge in [-0.15, -0.1) is 0 Å². The molecule has 2 aromatic heterocycles. The van der Waals surface area contributed by atoms with E-state index < -0.39 is 22.5 Å². The Labute approximate surface area is 196 Å². The molecule has 1 saturated heterocycles. The normalized spacial score (nSPS) is 16.6. The number of nitrogens with zero attached hydrogens (tertiary/aromatic N) is 5. The summed E-state index contributed by atoms with van der Waals surface area (Å²) in [5, 5.41) is 5.44. The Kier molecular flexibility index (Phi) is 6.89. The molecule has 0 spiro atoms. The molecule has 180 valence electrons. The number of benzene rings is 1. The summed E-state index contributed by atoms with van der Waals surface area (Å²) in [5.74, 6) is -0.387. The number of hydrogen-bond donors (Lipinski definition) is 2. The number of carbonyl (C=O) groups is 1. The predicted molar refractivity (Wildman–Crippen MR) is 127 cm³/mol. The lowest BCUT2D eigenvalue weighted by Crippen LogP contribution is -2.40. The third-order valence-electron chi connectivity index (χ3n) is 5.82. The fourth-order valence-corrected chi connectivity index (χ4v) is 4.82. The summed E-state index contributed by atoms with van der Waals surface area (Å²) in [5.41, 5.74) is 8.86. The van der Waals surface area contributed by atoms with Gasteiger partial charge in [-0.2, -0.15) is 5.10 Å². The zero-order valence-electron chi connectivity index (χ0n) is 18.5. The van der Waals surface area contributed by atoms with Crippen LogP contribution in [0.25, 0.3) is 22.3 Å². The number of alkyl halides is 1. The summed E-state index contributed by atoms with van der Waals surface area (Å²) in [6.45, 7) is 3.85. The van der Waals surface area contributed by atoms with Crippen LogP contribution in [0.5, 0.6) is 0 Å². The van der Waals surface area contributed by atoms with Gasteiger partial charge in [0.1, 0.15) is 24.5 Å². The average molecular weight is 488 g/mol. The number of halogens is 1. The standard InChI is InChI=1S/C22H26FN7O3S/c1-2-18(31)29-10-3-4-17(13-29)30-22-19(21(24)25-14-26-22)20(28-30)16-7-5-15(6-8-16)12-27-34(32,33)11-9-23/h2,5-8,14,17,27H,1,3-4,9-13H2,(H2,24,25,26)/t17-/m1/s1. The van der Waals surface area contributed by atoms with E-state index in [0.717, 1.165) is 18.4 Å². The highest BCUT2D eigenvalue weighted by Crippen LogP contribution is 2.33. The Balaban J connectivity index is 1.65. The molecule has 10 nitrogen and oxygen atoms in total. The average Bonchev–Trinajstić information content (AvgIpc) is 3.24. The zero-order chi connectivity index (χ0) is 24.3. The van der Waals surface area contributed by atoms with Crippen molar-refractivity contribution < 1.29 is 17.6 Å². The molecular weight excluding hydrogens is 461 g/mol. The molecule has 3 aromatic rings. The fourth-order valence-electron chi connectivity index (χ4n) is 4.08. The first kappa shape index (κ1) is 23.8. The summed E-state index contributed by atoms with van der Waals surface area (Å²) < 4.78 is 39.9. The van der Waals surface area contributed by atoms with Crippen LogP contribution in [0.15, 0.2) is 43.2 Å². The largest absolute Gasteiger partial charge is 0.383 e. The highest BCUT2D eigenvalue weighted by molar-refractivity contribution is 7.89. The minimum Gasteiger partial charge on any atom is -0.383 e. The number of anilines is 1. The second-order valence-electron chi connectivity index (χ2n) is 8.06. The molecule has 0 aliphatic carbocycles. The van der Waals surface area contributed by atoms with Gasteiger partial charge < -0.3 is 10.6 Å². The number of sulfonamides is 1. The first-order valence-electron chi connectivity index (χ1n) is 10.9. The highest BCUT2D eigenvalue weighted by Gasteiger charge is 2.28. The Morgan fingerprint density at radius 1 is 1.29 bits per heavy atom. The molecule has 1 aliphatic heterocycles. The van der Waals surface area contributed by atoms with Crippen LogP contribution in [0, 0.1) is 0 Å². The van der Waals surface area contributed by atoms with E-state index >= 15 is 0 Å². The van der Waals surface area contributed by atoms with Crippen molar-refractivity contribution in [3.63, 3.8) is 0 Å². The summed E-state index contributed by atoms with van der Waals surface area (Å²) in [4.78, 5) is 22.4. The van der Waals surface area contributed by atoms with Crippen LogP contribution < -0.4 is 10.5 Å². The van der Waals surface area contributed by atoms with Crippen molar-refractivity contribution in [2.75, 3.05) is 31.3 Å². The van der Waals surface area contributed by atoms with Gasteiger partial charge in [-0.3, -0.25) is 4.79 Å². The lowest BCUT2D eigenvalue weighted by atomic mass is 10.1. The van der Waals surface area contributed by atoms with Gasteiger partial charge in [0.15, 0.2) is 5.65 Å². The smallest absolute Gasteiger partial charge is 0.246 e. The van der Waals surface area contributed by atoms with E-state index in [1.54, 1.807) is 17.0 Å². The first-order chi connectivity index (χ1) is 16.3. The molecule has 0 saturated carbocycles. The van der Waals surface area contributed by atoms with Crippen molar-refractivity contribution in [1.29, 1.82) is 0 Å². The van der Waals surface area contributed by atoms with Crippen molar-refractivity contribution in [3.8, 4) is 11.3 Å². The van der Waals surface area contributed by atoms with Gasteiger partial charge >= 0.3 is 0 Å². The maximum Gasteiger partial charge on any atom is 0.246 e. The van der Waals surface area contributed by atoms with E-state index in [1.807, 2.05) is 16.8 Å². The van der Waals surface area contributed by atoms with Crippen LogP contribution in [0.3, 0.4) is 0 Å². The maximum absolute atomic E-state index is 12.4. The predicted octanol–water partition coefficient (Wildman–Crippen LogP) is 1.81. The molecule has 1 atom stereocenters. The van der Waals surface area contributed by atoms with E-state index in [1.165, 1.54) is 12.4 Å². The highest BCUT2D eigenvalue weighted by atomic mass is 32.2. The molecule has 0 unspecified atom stereocenters. The maximum atomic E-state index is 12.4. The molecule has 1 amide bonds. The molecule has 1 aliphatic rings. The number of amides is 1. The number of rotatable bonds is 8. The SMILES string of the molecule is C=CC(=O)N1CCC[C@@H](n2nc(-c3ccc(CNS(=O)(=O)CCF)cc3)c3c(N)ncnc32)C1. The number of likely N-dealkylation sites (tertiary alicyclic amines) is 1. The first-order valence-corrected chi connectivity index (χ1v) is 12.5. The topological polar surface area (TPSA) is 136 Å². The molecule has 12 heteroatoms. The van der Waals surface area contributed by atoms with Gasteiger partial charge in [0.2, 0.25) is 15.9 Å². The van der Waals surface area contributed by atoms with Crippen LogP contribution in [-0.4, -0.2) is 64.5 Å². The van der Waals surface area contributed by atoms with Crippen molar-refractivity contribution in [1.82, 2.24) is 29.4 Å². The van der Waals surface area contributed by atoms with Crippen LogP contribution >= 0.6 is 0 Å². The van der Waals surface area contributed by atoms with Crippen molar-refractivity contribution in [3.05, 3.63) is 48.8 Å². The second kappa shape index (κ2) is 9.85.